The van der Waals surface area contributed by atoms with E-state index in [1.54, 1.807) is 60.7 Å². The minimum atomic E-state index is -0.968. The van der Waals surface area contributed by atoms with Gasteiger partial charge in [-0.15, -0.1) is 0 Å². The number of carbonyl (C=O) groups excluding carboxylic acids is 2. The van der Waals surface area contributed by atoms with E-state index in [0.717, 1.165) is 0 Å². The number of aliphatic hydroxyl groups is 1. The van der Waals surface area contributed by atoms with Crippen molar-refractivity contribution in [2.75, 3.05) is 31.8 Å². The molecule has 3 aromatic rings. The van der Waals surface area contributed by atoms with E-state index >= 15 is 0 Å². The molecule has 0 saturated carbocycles. The summed E-state index contributed by atoms with van der Waals surface area (Å²) in [6.07, 6.45) is 0. The van der Waals surface area contributed by atoms with Gasteiger partial charge < -0.3 is 24.1 Å². The summed E-state index contributed by atoms with van der Waals surface area (Å²) in [6.45, 7) is 3.02. The number of anilines is 1. The molecule has 37 heavy (non-hydrogen) atoms. The van der Waals surface area contributed by atoms with Crippen LogP contribution >= 0.6 is 11.6 Å². The van der Waals surface area contributed by atoms with Gasteiger partial charge in [0, 0.05) is 17.3 Å². The fourth-order valence-electron chi connectivity index (χ4n) is 4.50. The van der Waals surface area contributed by atoms with E-state index in [2.05, 4.69) is 0 Å². The summed E-state index contributed by atoms with van der Waals surface area (Å²) in [4.78, 5) is 28.3. The predicted octanol–water partition coefficient (Wildman–Crippen LogP) is 5.14. The van der Waals surface area contributed by atoms with Crippen molar-refractivity contribution in [2.45, 2.75) is 13.0 Å². The average Bonchev–Trinajstić information content (AvgIpc) is 3.19. The number of hydrogen-bond acceptors (Lipinski definition) is 7. The molecule has 1 amide bonds. The zero-order chi connectivity index (χ0) is 26.1. The molecule has 2 aliphatic heterocycles. The SMILES string of the molecule is CCOc1ccc(Cl)c(/C(O)=C2\C(=O)C(=O)N(c3ccc4c(c3)OCCO4)C2c2cccc(OC)c2)c1. The number of ether oxygens (including phenoxy) is 4. The van der Waals surface area contributed by atoms with Crippen LogP contribution in [0.5, 0.6) is 23.0 Å². The Labute approximate surface area is 218 Å². The summed E-state index contributed by atoms with van der Waals surface area (Å²) in [7, 11) is 1.52. The molecular formula is C28H24ClNO7. The van der Waals surface area contributed by atoms with Crippen molar-refractivity contribution in [1.29, 1.82) is 0 Å². The second-order valence-corrected chi connectivity index (χ2v) is 8.76. The van der Waals surface area contributed by atoms with Gasteiger partial charge in [0.25, 0.3) is 11.7 Å². The molecule has 3 aromatic carbocycles. The first kappa shape index (κ1) is 24.5. The first-order chi connectivity index (χ1) is 17.9. The van der Waals surface area contributed by atoms with Gasteiger partial charge in [-0.2, -0.15) is 0 Å². The van der Waals surface area contributed by atoms with Gasteiger partial charge >= 0.3 is 0 Å². The highest BCUT2D eigenvalue weighted by atomic mass is 35.5. The molecule has 190 valence electrons. The smallest absolute Gasteiger partial charge is 0.300 e. The molecule has 0 bridgehead atoms. The molecule has 9 heteroatoms. The maximum atomic E-state index is 13.5. The van der Waals surface area contributed by atoms with Crippen LogP contribution in [0.25, 0.3) is 5.76 Å². The number of halogens is 1. The zero-order valence-electron chi connectivity index (χ0n) is 20.2. The summed E-state index contributed by atoms with van der Waals surface area (Å²) >= 11 is 6.42. The Balaban J connectivity index is 1.71. The number of methoxy groups -OCH3 is 1. The molecule has 1 fully saturated rings. The number of Topliss-reactive ketones (excluding diaryl/α,β-unsaturated/α-hetero) is 1. The molecule has 1 unspecified atom stereocenters. The van der Waals surface area contributed by atoms with E-state index in [9.17, 15) is 14.7 Å². The van der Waals surface area contributed by atoms with Gasteiger partial charge in [-0.05, 0) is 55.0 Å². The summed E-state index contributed by atoms with van der Waals surface area (Å²) in [5.41, 5.74) is 1.05. The Morgan fingerprint density at radius 2 is 1.81 bits per heavy atom. The van der Waals surface area contributed by atoms with Crippen LogP contribution in [0.1, 0.15) is 24.1 Å². The lowest BCUT2D eigenvalue weighted by Gasteiger charge is -2.27. The third-order valence-electron chi connectivity index (χ3n) is 6.16. The number of benzene rings is 3. The van der Waals surface area contributed by atoms with Crippen molar-refractivity contribution in [1.82, 2.24) is 0 Å². The number of amides is 1. The van der Waals surface area contributed by atoms with Gasteiger partial charge in [0.1, 0.15) is 30.5 Å². The summed E-state index contributed by atoms with van der Waals surface area (Å²) < 4.78 is 22.2. The third kappa shape index (κ3) is 4.44. The third-order valence-corrected chi connectivity index (χ3v) is 6.49. The minimum Gasteiger partial charge on any atom is -0.507 e. The maximum Gasteiger partial charge on any atom is 0.300 e. The number of ketones is 1. The molecule has 2 aliphatic rings. The van der Waals surface area contributed by atoms with Crippen LogP contribution in [0.15, 0.2) is 66.2 Å². The molecule has 1 atom stereocenters. The quantitative estimate of drug-likeness (QED) is 0.272. The largest absolute Gasteiger partial charge is 0.507 e. The number of rotatable bonds is 6. The molecule has 8 nitrogen and oxygen atoms in total. The lowest BCUT2D eigenvalue weighted by molar-refractivity contribution is -0.132. The fourth-order valence-corrected chi connectivity index (χ4v) is 4.70. The topological polar surface area (TPSA) is 94.5 Å². The fraction of sp³-hybridized carbons (Fsp3) is 0.214. The molecule has 1 N–H and O–H groups in total. The van der Waals surface area contributed by atoms with Crippen LogP contribution in [-0.2, 0) is 9.59 Å². The predicted molar refractivity (Wildman–Crippen MR) is 138 cm³/mol. The van der Waals surface area contributed by atoms with Crippen molar-refractivity contribution in [3.05, 3.63) is 82.4 Å². The molecular weight excluding hydrogens is 498 g/mol. The van der Waals surface area contributed by atoms with Gasteiger partial charge in [0.2, 0.25) is 0 Å². The zero-order valence-corrected chi connectivity index (χ0v) is 20.9. The monoisotopic (exact) mass is 521 g/mol. The first-order valence-electron chi connectivity index (χ1n) is 11.7. The number of carbonyl (C=O) groups is 2. The number of nitrogens with zero attached hydrogens (tertiary/aromatic N) is 1. The normalized spacial score (nSPS) is 18.1. The first-order valence-corrected chi connectivity index (χ1v) is 12.1. The van der Waals surface area contributed by atoms with Crippen LogP contribution in [0.2, 0.25) is 5.02 Å². The minimum absolute atomic E-state index is 0.108. The summed E-state index contributed by atoms with van der Waals surface area (Å²) in [6, 6.07) is 15.8. The Morgan fingerprint density at radius 3 is 2.57 bits per heavy atom. The Hall–Kier alpha value is -4.17. The van der Waals surface area contributed by atoms with Crippen molar-refractivity contribution in [2.24, 2.45) is 0 Å². The highest BCUT2D eigenvalue weighted by Crippen LogP contribution is 2.45. The van der Waals surface area contributed by atoms with Gasteiger partial charge in [-0.25, -0.2) is 0 Å². The van der Waals surface area contributed by atoms with Crippen LogP contribution in [0.4, 0.5) is 5.69 Å². The molecule has 0 spiro atoms. The Kier molecular flexibility index (Phi) is 6.67. The molecule has 0 radical (unpaired) electrons. The maximum absolute atomic E-state index is 13.5. The van der Waals surface area contributed by atoms with E-state index in [-0.39, 0.29) is 16.2 Å². The van der Waals surface area contributed by atoms with Crippen LogP contribution in [-0.4, -0.2) is 43.7 Å². The van der Waals surface area contributed by atoms with E-state index in [0.29, 0.717) is 54.1 Å². The van der Waals surface area contributed by atoms with Crippen molar-refractivity contribution >= 4 is 34.7 Å². The molecule has 1 saturated heterocycles. The number of hydrogen-bond donors (Lipinski definition) is 1. The lowest BCUT2D eigenvalue weighted by atomic mass is 9.94. The molecule has 5 rings (SSSR count). The highest BCUT2D eigenvalue weighted by molar-refractivity contribution is 6.52. The van der Waals surface area contributed by atoms with Crippen molar-refractivity contribution in [3.63, 3.8) is 0 Å². The average molecular weight is 522 g/mol. The Morgan fingerprint density at radius 1 is 1.03 bits per heavy atom. The lowest BCUT2D eigenvalue weighted by Crippen LogP contribution is -2.29. The number of fused-ring (bicyclic) bond motifs is 1. The molecule has 2 heterocycles. The van der Waals surface area contributed by atoms with Gasteiger partial charge in [0.15, 0.2) is 11.5 Å². The number of aliphatic hydroxyl groups excluding tert-OH is 1. The van der Waals surface area contributed by atoms with Gasteiger partial charge in [-0.3, -0.25) is 14.5 Å². The Bertz CT molecular complexity index is 1420. The van der Waals surface area contributed by atoms with Gasteiger partial charge in [-0.1, -0.05) is 23.7 Å². The van der Waals surface area contributed by atoms with E-state index in [4.69, 9.17) is 30.5 Å². The second kappa shape index (κ2) is 10.1. The van der Waals surface area contributed by atoms with E-state index in [1.165, 1.54) is 12.0 Å². The molecule has 0 aromatic heterocycles. The summed E-state index contributed by atoms with van der Waals surface area (Å²) in [5, 5.41) is 11.7. The summed E-state index contributed by atoms with van der Waals surface area (Å²) in [5.74, 6) is -0.0559. The van der Waals surface area contributed by atoms with Gasteiger partial charge in [0.05, 0.1) is 30.4 Å². The van der Waals surface area contributed by atoms with Crippen LogP contribution in [0.3, 0.4) is 0 Å². The van der Waals surface area contributed by atoms with Crippen molar-refractivity contribution < 1.29 is 33.6 Å². The van der Waals surface area contributed by atoms with Crippen molar-refractivity contribution in [3.8, 4) is 23.0 Å². The van der Waals surface area contributed by atoms with Crippen LogP contribution in [0, 0.1) is 0 Å². The second-order valence-electron chi connectivity index (χ2n) is 8.35. The van der Waals surface area contributed by atoms with E-state index in [1.807, 2.05) is 6.92 Å². The van der Waals surface area contributed by atoms with E-state index < -0.39 is 23.5 Å². The molecule has 0 aliphatic carbocycles. The van der Waals surface area contributed by atoms with Crippen LogP contribution < -0.4 is 23.8 Å². The highest BCUT2D eigenvalue weighted by Gasteiger charge is 2.47. The standard InChI is InChI=1S/C28H24ClNO7/c1-3-35-19-8-9-21(29)20(15-19)26(31)24-25(16-5-4-6-18(13-16)34-2)30(28(33)27(24)32)17-7-10-22-23(14-17)37-12-11-36-22/h4-10,13-15,25,31H,3,11-12H2,1-2H3/b26-24+.